The molecule has 7 heteroatoms. The zero-order valence-corrected chi connectivity index (χ0v) is 15.4. The molecule has 7 nitrogen and oxygen atoms in total. The summed E-state index contributed by atoms with van der Waals surface area (Å²) in [4.78, 5) is 29.7. The van der Waals surface area contributed by atoms with Gasteiger partial charge in [-0.3, -0.25) is 4.79 Å². The normalized spacial score (nSPS) is 16.0. The van der Waals surface area contributed by atoms with Gasteiger partial charge in [-0.2, -0.15) is 5.06 Å². The highest BCUT2D eigenvalue weighted by Crippen LogP contribution is 2.20. The lowest BCUT2D eigenvalue weighted by Gasteiger charge is -2.30. The number of rotatable bonds is 4. The molecule has 2 amide bonds. The van der Waals surface area contributed by atoms with Crippen molar-refractivity contribution in [3.05, 3.63) is 34.4 Å². The van der Waals surface area contributed by atoms with Gasteiger partial charge in [-0.1, -0.05) is 24.6 Å². The van der Waals surface area contributed by atoms with E-state index in [1.165, 1.54) is 10.6 Å². The van der Waals surface area contributed by atoms with Crippen molar-refractivity contribution in [1.82, 2.24) is 15.1 Å². The fourth-order valence-corrected chi connectivity index (χ4v) is 3.30. The van der Waals surface area contributed by atoms with Gasteiger partial charge in [0.1, 0.15) is 0 Å². The van der Waals surface area contributed by atoms with Gasteiger partial charge in [-0.05, 0) is 37.0 Å². The summed E-state index contributed by atoms with van der Waals surface area (Å²) >= 11 is 0. The van der Waals surface area contributed by atoms with Crippen LogP contribution in [0.1, 0.15) is 29.2 Å². The first-order valence-electron chi connectivity index (χ1n) is 8.56. The number of hydrogen-bond donors (Lipinski definition) is 1. The summed E-state index contributed by atoms with van der Waals surface area (Å²) in [6, 6.07) is 4.16. The minimum Gasteiger partial charge on any atom is -0.464 e. The molecule has 0 aliphatic carbocycles. The van der Waals surface area contributed by atoms with Crippen LogP contribution >= 0.6 is 0 Å². The van der Waals surface area contributed by atoms with Crippen LogP contribution in [-0.2, 0) is 22.5 Å². The number of carboxylic acid groups (broad SMARTS) is 1. The highest BCUT2D eigenvalue weighted by Gasteiger charge is 2.30. The van der Waals surface area contributed by atoms with Crippen LogP contribution in [0.25, 0.3) is 0 Å². The van der Waals surface area contributed by atoms with Crippen LogP contribution in [-0.4, -0.2) is 65.5 Å². The molecule has 0 aromatic heterocycles. The molecule has 1 aromatic carbocycles. The number of benzene rings is 1. The zero-order chi connectivity index (χ0) is 18.6. The Hall–Kier alpha value is -2.12. The summed E-state index contributed by atoms with van der Waals surface area (Å²) in [6.07, 6.45) is -0.0836. The summed E-state index contributed by atoms with van der Waals surface area (Å²) in [5, 5.41) is 13.6. The molecule has 0 atom stereocenters. The van der Waals surface area contributed by atoms with Gasteiger partial charge in [-0.15, -0.1) is 0 Å². The van der Waals surface area contributed by atoms with Gasteiger partial charge in [0.25, 0.3) is 0 Å². The molecule has 25 heavy (non-hydrogen) atoms. The maximum atomic E-state index is 12.9. The number of hydroxylamine groups is 2. The second kappa shape index (κ2) is 8.31. The average molecular weight is 349 g/mol. The molecule has 0 spiro atoms. The molecule has 0 saturated carbocycles. The van der Waals surface area contributed by atoms with Crippen molar-refractivity contribution < 1.29 is 19.5 Å². The maximum Gasteiger partial charge on any atom is 0.426 e. The van der Waals surface area contributed by atoms with E-state index in [1.54, 1.807) is 12.2 Å². The lowest BCUT2D eigenvalue weighted by Crippen LogP contribution is -2.50. The van der Waals surface area contributed by atoms with Crippen LogP contribution in [0.5, 0.6) is 0 Å². The molecule has 1 fully saturated rings. The van der Waals surface area contributed by atoms with Crippen molar-refractivity contribution in [2.24, 2.45) is 0 Å². The Morgan fingerprint density at radius 1 is 1.12 bits per heavy atom. The first kappa shape index (κ1) is 19.2. The molecular weight excluding hydrogens is 322 g/mol. The van der Waals surface area contributed by atoms with E-state index in [0.29, 0.717) is 13.1 Å². The smallest absolute Gasteiger partial charge is 0.426 e. The molecule has 0 radical (unpaired) electrons. The fourth-order valence-electron chi connectivity index (χ4n) is 3.30. The van der Waals surface area contributed by atoms with Crippen molar-refractivity contribution >= 4 is 12.0 Å². The minimum absolute atomic E-state index is 0.197. The number of amides is 2. The number of nitrogens with zero attached hydrogens (tertiary/aromatic N) is 3. The van der Waals surface area contributed by atoms with Crippen LogP contribution in [0.2, 0.25) is 0 Å². The molecule has 1 aromatic rings. The van der Waals surface area contributed by atoms with Crippen molar-refractivity contribution in [2.75, 3.05) is 33.3 Å². The van der Waals surface area contributed by atoms with Crippen molar-refractivity contribution in [3.63, 3.8) is 0 Å². The third-order valence-electron chi connectivity index (χ3n) is 4.60. The summed E-state index contributed by atoms with van der Waals surface area (Å²) in [6.45, 7) is 7.48. The van der Waals surface area contributed by atoms with E-state index >= 15 is 0 Å². The van der Waals surface area contributed by atoms with Gasteiger partial charge < -0.3 is 9.94 Å². The van der Waals surface area contributed by atoms with E-state index < -0.39 is 6.09 Å². The van der Waals surface area contributed by atoms with E-state index in [-0.39, 0.29) is 25.4 Å². The summed E-state index contributed by atoms with van der Waals surface area (Å²) in [7, 11) is 1.55. The lowest BCUT2D eigenvalue weighted by molar-refractivity contribution is -0.144. The van der Waals surface area contributed by atoms with E-state index in [2.05, 4.69) is 19.1 Å². The molecule has 1 saturated heterocycles. The van der Waals surface area contributed by atoms with Gasteiger partial charge in [0.2, 0.25) is 5.91 Å². The first-order chi connectivity index (χ1) is 11.9. The van der Waals surface area contributed by atoms with Gasteiger partial charge in [-0.25, -0.2) is 14.8 Å². The van der Waals surface area contributed by atoms with E-state index in [0.717, 1.165) is 28.1 Å². The SMILES string of the molecule is CCc1cc(C)cc(C)c1CC(=O)N1CCN(OC)CCN1C(=O)O. The van der Waals surface area contributed by atoms with Gasteiger partial charge in [0, 0.05) is 13.1 Å². The molecule has 0 bridgehead atoms. The summed E-state index contributed by atoms with van der Waals surface area (Å²) < 4.78 is 0. The van der Waals surface area contributed by atoms with Crippen LogP contribution in [0.3, 0.4) is 0 Å². The Kier molecular flexibility index (Phi) is 6.39. The Balaban J connectivity index is 2.24. The Morgan fingerprint density at radius 2 is 1.76 bits per heavy atom. The summed E-state index contributed by atoms with van der Waals surface area (Å²) in [5.41, 5.74) is 4.38. The van der Waals surface area contributed by atoms with Crippen LogP contribution in [0, 0.1) is 13.8 Å². The Morgan fingerprint density at radius 3 is 2.32 bits per heavy atom. The number of hydrogen-bond acceptors (Lipinski definition) is 4. The second-order valence-corrected chi connectivity index (χ2v) is 6.28. The lowest BCUT2D eigenvalue weighted by atomic mass is 9.94. The standard InChI is InChI=1S/C18H27N3O4/c1-5-15-11-13(2)10-14(3)16(15)12-17(22)20-8-6-19(25-4)7-9-21(20)18(23)24/h10-11H,5-9,12H2,1-4H3,(H,23,24). The molecular formula is C18H27N3O4. The van der Waals surface area contributed by atoms with E-state index in [4.69, 9.17) is 4.84 Å². The second-order valence-electron chi connectivity index (χ2n) is 6.28. The monoisotopic (exact) mass is 349 g/mol. The van der Waals surface area contributed by atoms with Gasteiger partial charge in [0.15, 0.2) is 0 Å². The van der Waals surface area contributed by atoms with Crippen molar-refractivity contribution in [2.45, 2.75) is 33.6 Å². The predicted octanol–water partition coefficient (Wildman–Crippen LogP) is 2.01. The number of aryl methyl sites for hydroxylation is 3. The number of hydrazine groups is 1. The van der Waals surface area contributed by atoms with Crippen molar-refractivity contribution in [3.8, 4) is 0 Å². The third-order valence-corrected chi connectivity index (χ3v) is 4.60. The van der Waals surface area contributed by atoms with E-state index in [9.17, 15) is 14.7 Å². The highest BCUT2D eigenvalue weighted by atomic mass is 16.7. The largest absolute Gasteiger partial charge is 0.464 e. The molecule has 2 rings (SSSR count). The summed E-state index contributed by atoms with van der Waals surface area (Å²) in [5.74, 6) is -0.206. The van der Waals surface area contributed by atoms with E-state index in [1.807, 2.05) is 13.8 Å². The van der Waals surface area contributed by atoms with Gasteiger partial charge >= 0.3 is 6.09 Å². The first-order valence-corrected chi connectivity index (χ1v) is 8.56. The quantitative estimate of drug-likeness (QED) is 0.900. The van der Waals surface area contributed by atoms with Crippen LogP contribution in [0.4, 0.5) is 4.79 Å². The topological polar surface area (TPSA) is 73.3 Å². The molecule has 0 unspecified atom stereocenters. The zero-order valence-electron chi connectivity index (χ0n) is 15.4. The average Bonchev–Trinajstić information content (AvgIpc) is 2.79. The molecule has 1 N–H and O–H groups in total. The fraction of sp³-hybridized carbons (Fsp3) is 0.556. The highest BCUT2D eigenvalue weighted by molar-refractivity contribution is 5.81. The predicted molar refractivity (Wildman–Crippen MR) is 94.0 cm³/mol. The van der Waals surface area contributed by atoms with Crippen LogP contribution in [0.15, 0.2) is 12.1 Å². The third kappa shape index (κ3) is 4.49. The van der Waals surface area contributed by atoms with Gasteiger partial charge in [0.05, 0.1) is 26.6 Å². The number of carbonyl (C=O) groups excluding carboxylic acids is 1. The molecule has 1 aliphatic rings. The Labute approximate surface area is 148 Å². The van der Waals surface area contributed by atoms with Crippen molar-refractivity contribution in [1.29, 1.82) is 0 Å². The number of carbonyl (C=O) groups is 2. The molecule has 1 heterocycles. The molecule has 1 aliphatic heterocycles. The molecule has 138 valence electrons. The van der Waals surface area contributed by atoms with Crippen LogP contribution < -0.4 is 0 Å². The maximum absolute atomic E-state index is 12.9. The minimum atomic E-state index is -1.12. The Bertz CT molecular complexity index is 647.